The van der Waals surface area contributed by atoms with Gasteiger partial charge in [-0.3, -0.25) is 14.4 Å². The fourth-order valence-corrected chi connectivity index (χ4v) is 3.01. The van der Waals surface area contributed by atoms with Crippen LogP contribution in [0.5, 0.6) is 0 Å². The number of carbonyl (C=O) groups excluding carboxylic acids is 3. The monoisotopic (exact) mass is 385 g/mol. The van der Waals surface area contributed by atoms with E-state index in [0.717, 1.165) is 5.56 Å². The van der Waals surface area contributed by atoms with Crippen molar-refractivity contribution in [3.8, 4) is 0 Å². The van der Waals surface area contributed by atoms with Gasteiger partial charge in [0, 0.05) is 29.0 Å². The maximum Gasteiger partial charge on any atom is 0.240 e. The van der Waals surface area contributed by atoms with Crippen LogP contribution < -0.4 is 16.0 Å². The van der Waals surface area contributed by atoms with Crippen molar-refractivity contribution in [1.29, 1.82) is 0 Å². The molecule has 140 valence electrons. The van der Waals surface area contributed by atoms with E-state index in [4.69, 9.17) is 11.6 Å². The van der Waals surface area contributed by atoms with Gasteiger partial charge in [-0.1, -0.05) is 11.6 Å². The van der Waals surface area contributed by atoms with E-state index in [-0.39, 0.29) is 17.7 Å². The van der Waals surface area contributed by atoms with Gasteiger partial charge < -0.3 is 16.0 Å². The quantitative estimate of drug-likeness (QED) is 0.680. The highest BCUT2D eigenvalue weighted by molar-refractivity contribution is 6.30. The van der Waals surface area contributed by atoms with Crippen molar-refractivity contribution in [1.82, 2.24) is 0 Å². The van der Waals surface area contributed by atoms with E-state index in [1.807, 2.05) is 6.92 Å². The summed E-state index contributed by atoms with van der Waals surface area (Å²) in [5, 5.41) is 8.86. The van der Waals surface area contributed by atoms with Crippen LogP contribution in [-0.2, 0) is 14.4 Å². The number of aryl methyl sites for hydroxylation is 1. The zero-order valence-electron chi connectivity index (χ0n) is 15.1. The molecule has 0 unspecified atom stereocenters. The summed E-state index contributed by atoms with van der Waals surface area (Å²) in [4.78, 5) is 36.4. The zero-order valence-corrected chi connectivity index (χ0v) is 15.8. The van der Waals surface area contributed by atoms with Gasteiger partial charge in [-0.05, 0) is 67.8 Å². The SMILES string of the molecule is CC(=O)Nc1ccc(NC(=O)C2(C(=O)Nc3ccc(Cl)cc3C)CC2)cc1. The molecule has 1 aliphatic rings. The number of halogens is 1. The van der Waals surface area contributed by atoms with E-state index in [1.54, 1.807) is 42.5 Å². The highest BCUT2D eigenvalue weighted by Gasteiger charge is 2.56. The summed E-state index contributed by atoms with van der Waals surface area (Å²) in [7, 11) is 0. The molecule has 1 saturated carbocycles. The molecule has 3 amide bonds. The maximum absolute atomic E-state index is 12.7. The Morgan fingerprint density at radius 1 is 0.889 bits per heavy atom. The molecule has 0 radical (unpaired) electrons. The van der Waals surface area contributed by atoms with Gasteiger partial charge in [0.1, 0.15) is 5.41 Å². The van der Waals surface area contributed by atoms with E-state index in [2.05, 4.69) is 16.0 Å². The molecule has 27 heavy (non-hydrogen) atoms. The Balaban J connectivity index is 1.66. The van der Waals surface area contributed by atoms with Crippen LogP contribution in [0, 0.1) is 12.3 Å². The molecular formula is C20H20ClN3O3. The fourth-order valence-electron chi connectivity index (χ4n) is 2.78. The van der Waals surface area contributed by atoms with E-state index < -0.39 is 5.41 Å². The normalized spacial score (nSPS) is 14.2. The van der Waals surface area contributed by atoms with Crippen LogP contribution in [0.1, 0.15) is 25.3 Å². The Morgan fingerprint density at radius 2 is 1.44 bits per heavy atom. The first-order valence-electron chi connectivity index (χ1n) is 8.57. The molecule has 7 heteroatoms. The van der Waals surface area contributed by atoms with Crippen LogP contribution in [0.4, 0.5) is 17.1 Å². The molecule has 0 spiro atoms. The van der Waals surface area contributed by atoms with Crippen molar-refractivity contribution in [2.75, 3.05) is 16.0 Å². The predicted octanol–water partition coefficient (Wildman–Crippen LogP) is 3.96. The molecule has 3 rings (SSSR count). The van der Waals surface area contributed by atoms with Gasteiger partial charge in [-0.15, -0.1) is 0 Å². The predicted molar refractivity (Wildman–Crippen MR) is 106 cm³/mol. The minimum Gasteiger partial charge on any atom is -0.326 e. The van der Waals surface area contributed by atoms with E-state index in [1.165, 1.54) is 6.92 Å². The topological polar surface area (TPSA) is 87.3 Å². The van der Waals surface area contributed by atoms with Gasteiger partial charge in [0.05, 0.1) is 0 Å². The molecule has 0 heterocycles. The molecule has 2 aromatic rings. The molecule has 0 aliphatic heterocycles. The second-order valence-corrected chi connectivity index (χ2v) is 7.14. The van der Waals surface area contributed by atoms with Crippen LogP contribution >= 0.6 is 11.6 Å². The van der Waals surface area contributed by atoms with Crippen molar-refractivity contribution in [3.63, 3.8) is 0 Å². The summed E-state index contributed by atoms with van der Waals surface area (Å²) in [6.07, 6.45) is 1.00. The standard InChI is InChI=1S/C20H20ClN3O3/c1-12-11-14(21)3-8-17(12)24-19(27)20(9-10-20)18(26)23-16-6-4-15(5-7-16)22-13(2)25/h3-8,11H,9-10H2,1-2H3,(H,22,25)(H,23,26)(H,24,27). The summed E-state index contributed by atoms with van der Waals surface area (Å²) in [6, 6.07) is 11.9. The Morgan fingerprint density at radius 3 is 1.96 bits per heavy atom. The first-order chi connectivity index (χ1) is 12.8. The highest BCUT2D eigenvalue weighted by Crippen LogP contribution is 2.47. The number of benzene rings is 2. The molecule has 0 aromatic heterocycles. The number of carbonyl (C=O) groups is 3. The van der Waals surface area contributed by atoms with Crippen molar-refractivity contribution in [3.05, 3.63) is 53.1 Å². The number of hydrogen-bond acceptors (Lipinski definition) is 3. The van der Waals surface area contributed by atoms with Gasteiger partial charge in [0.2, 0.25) is 17.7 Å². The molecule has 1 aliphatic carbocycles. The molecule has 0 saturated heterocycles. The second-order valence-electron chi connectivity index (χ2n) is 6.71. The first-order valence-corrected chi connectivity index (χ1v) is 8.95. The Bertz CT molecular complexity index is 905. The summed E-state index contributed by atoms with van der Waals surface area (Å²) >= 11 is 5.94. The third-order valence-corrected chi connectivity index (χ3v) is 4.75. The molecule has 0 bridgehead atoms. The minimum absolute atomic E-state index is 0.169. The van der Waals surface area contributed by atoms with Crippen LogP contribution in [0.15, 0.2) is 42.5 Å². The molecular weight excluding hydrogens is 366 g/mol. The van der Waals surface area contributed by atoms with Gasteiger partial charge >= 0.3 is 0 Å². The summed E-state index contributed by atoms with van der Waals surface area (Å²) in [6.45, 7) is 3.27. The Kier molecular flexibility index (Phi) is 5.19. The van der Waals surface area contributed by atoms with Crippen molar-refractivity contribution < 1.29 is 14.4 Å². The maximum atomic E-state index is 12.7. The average molecular weight is 386 g/mol. The number of hydrogen-bond donors (Lipinski definition) is 3. The van der Waals surface area contributed by atoms with E-state index in [0.29, 0.717) is 34.9 Å². The third kappa shape index (κ3) is 4.28. The summed E-state index contributed by atoms with van der Waals surface area (Å²) < 4.78 is 0. The summed E-state index contributed by atoms with van der Waals surface area (Å²) in [5.74, 6) is -0.822. The summed E-state index contributed by atoms with van der Waals surface area (Å²) in [5.41, 5.74) is 1.62. The lowest BCUT2D eigenvalue weighted by atomic mass is 10.0. The number of nitrogens with one attached hydrogen (secondary N) is 3. The molecule has 1 fully saturated rings. The lowest BCUT2D eigenvalue weighted by Gasteiger charge is -2.17. The van der Waals surface area contributed by atoms with Crippen molar-refractivity contribution in [2.24, 2.45) is 5.41 Å². The average Bonchev–Trinajstić information content (AvgIpc) is 3.40. The van der Waals surface area contributed by atoms with Gasteiger partial charge in [-0.2, -0.15) is 0 Å². The van der Waals surface area contributed by atoms with Crippen LogP contribution in [0.25, 0.3) is 0 Å². The van der Waals surface area contributed by atoms with Crippen LogP contribution in [0.3, 0.4) is 0 Å². The Labute approximate surface area is 162 Å². The van der Waals surface area contributed by atoms with Crippen LogP contribution in [0.2, 0.25) is 5.02 Å². The molecule has 2 aromatic carbocycles. The smallest absolute Gasteiger partial charge is 0.240 e. The van der Waals surface area contributed by atoms with Crippen molar-refractivity contribution in [2.45, 2.75) is 26.7 Å². The molecule has 6 nitrogen and oxygen atoms in total. The van der Waals surface area contributed by atoms with Crippen LogP contribution in [-0.4, -0.2) is 17.7 Å². The molecule has 0 atom stereocenters. The van der Waals surface area contributed by atoms with Gasteiger partial charge in [-0.25, -0.2) is 0 Å². The van der Waals surface area contributed by atoms with Crippen molar-refractivity contribution >= 4 is 46.4 Å². The molecule has 3 N–H and O–H groups in total. The van der Waals surface area contributed by atoms with Gasteiger partial charge in [0.15, 0.2) is 0 Å². The zero-order chi connectivity index (χ0) is 19.6. The highest BCUT2D eigenvalue weighted by atomic mass is 35.5. The Hall–Kier alpha value is -2.86. The number of amides is 3. The first kappa shape index (κ1) is 18.9. The largest absolute Gasteiger partial charge is 0.326 e. The minimum atomic E-state index is -1.05. The van der Waals surface area contributed by atoms with E-state index >= 15 is 0 Å². The lowest BCUT2D eigenvalue weighted by molar-refractivity contribution is -0.131. The fraction of sp³-hybridized carbons (Fsp3) is 0.250. The van der Waals surface area contributed by atoms with E-state index in [9.17, 15) is 14.4 Å². The second kappa shape index (κ2) is 7.40. The number of rotatable bonds is 5. The van der Waals surface area contributed by atoms with Gasteiger partial charge in [0.25, 0.3) is 0 Å². The lowest BCUT2D eigenvalue weighted by Crippen LogP contribution is -2.35. The number of anilines is 3. The third-order valence-electron chi connectivity index (χ3n) is 4.52.